The van der Waals surface area contributed by atoms with E-state index in [-0.39, 0.29) is 30.0 Å². The van der Waals surface area contributed by atoms with Crippen molar-refractivity contribution >= 4 is 34.8 Å². The lowest BCUT2D eigenvalue weighted by molar-refractivity contribution is 0.101. The molecule has 0 aromatic carbocycles. The van der Waals surface area contributed by atoms with Crippen LogP contribution in [-0.4, -0.2) is 66.3 Å². The Morgan fingerprint density at radius 2 is 1.86 bits per heavy atom. The number of anilines is 3. The summed E-state index contributed by atoms with van der Waals surface area (Å²) in [6.45, 7) is 0.0708. The van der Waals surface area contributed by atoms with Crippen molar-refractivity contribution in [2.75, 3.05) is 22.5 Å². The molecule has 3 aromatic rings. The number of amides is 2. The molecule has 11 nitrogen and oxygen atoms in total. The van der Waals surface area contributed by atoms with E-state index in [1.165, 1.54) is 27.9 Å². The van der Waals surface area contributed by atoms with Gasteiger partial charge in [-0.2, -0.15) is 0 Å². The van der Waals surface area contributed by atoms with E-state index in [9.17, 15) is 19.1 Å². The van der Waals surface area contributed by atoms with Crippen LogP contribution in [0.4, 0.5) is 26.4 Å². The van der Waals surface area contributed by atoms with Crippen molar-refractivity contribution in [1.29, 1.82) is 0 Å². The summed E-state index contributed by atoms with van der Waals surface area (Å²) in [6.07, 6.45) is 13.1. The van der Waals surface area contributed by atoms with E-state index in [4.69, 9.17) is 6.42 Å². The first kappa shape index (κ1) is 24.3. The molecule has 2 amide bonds. The number of imidazole rings is 1. The maximum Gasteiger partial charge on any atom is 0.408 e. The first-order valence-electron chi connectivity index (χ1n) is 12.2. The lowest BCUT2D eigenvalue weighted by Crippen LogP contribution is -2.43. The zero-order chi connectivity index (χ0) is 25.9. The summed E-state index contributed by atoms with van der Waals surface area (Å²) < 4.78 is 15.5. The predicted octanol–water partition coefficient (Wildman–Crippen LogP) is 3.43. The first-order chi connectivity index (χ1) is 17.9. The van der Waals surface area contributed by atoms with Crippen molar-refractivity contribution in [2.24, 2.45) is 0 Å². The highest BCUT2D eigenvalue weighted by Crippen LogP contribution is 2.30. The number of carbonyl (C=O) groups excluding carboxylic acids is 1. The van der Waals surface area contributed by atoms with Crippen LogP contribution in [0.1, 0.15) is 49.0 Å². The molecule has 37 heavy (non-hydrogen) atoms. The Morgan fingerprint density at radius 1 is 1.14 bits per heavy atom. The van der Waals surface area contributed by atoms with E-state index in [0.717, 1.165) is 37.6 Å². The summed E-state index contributed by atoms with van der Waals surface area (Å²) in [4.78, 5) is 34.0. The molecule has 5 rings (SSSR count). The Bertz CT molecular complexity index is 1360. The quantitative estimate of drug-likeness (QED) is 0.341. The van der Waals surface area contributed by atoms with E-state index >= 15 is 0 Å². The Balaban J connectivity index is 1.36. The third-order valence-corrected chi connectivity index (χ3v) is 6.65. The number of terminal acetylenes is 1. The number of pyridine rings is 1. The number of fused-ring (bicyclic) bond motifs is 1. The molecule has 0 aliphatic heterocycles. The Kier molecular flexibility index (Phi) is 6.76. The molecule has 0 spiro atoms. The molecule has 4 N–H and O–H groups in total. The van der Waals surface area contributed by atoms with Crippen LogP contribution < -0.4 is 16.0 Å². The molecule has 3 aromatic heterocycles. The maximum atomic E-state index is 14.0. The second kappa shape index (κ2) is 10.3. The fraction of sp³-hybridized carbons (Fsp3) is 0.400. The molecule has 2 aliphatic carbocycles. The van der Waals surface area contributed by atoms with Crippen LogP contribution in [0, 0.1) is 18.2 Å². The number of carbonyl (C=O) groups is 2. The van der Waals surface area contributed by atoms with Gasteiger partial charge in [0.05, 0.1) is 30.3 Å². The van der Waals surface area contributed by atoms with Crippen LogP contribution in [0.3, 0.4) is 0 Å². The zero-order valence-corrected chi connectivity index (χ0v) is 20.0. The van der Waals surface area contributed by atoms with E-state index in [2.05, 4.69) is 36.9 Å². The lowest BCUT2D eigenvalue weighted by Gasteiger charge is -2.34. The summed E-state index contributed by atoms with van der Waals surface area (Å²) >= 11 is 0. The lowest BCUT2D eigenvalue weighted by atomic mass is 9.90. The van der Waals surface area contributed by atoms with Crippen molar-refractivity contribution in [1.82, 2.24) is 24.5 Å². The number of carboxylic acid groups (broad SMARTS) is 1. The highest BCUT2D eigenvalue weighted by Gasteiger charge is 2.29. The third-order valence-electron chi connectivity index (χ3n) is 6.65. The van der Waals surface area contributed by atoms with Crippen molar-refractivity contribution in [3.8, 4) is 12.3 Å². The Morgan fingerprint density at radius 3 is 2.54 bits per heavy atom. The van der Waals surface area contributed by atoms with Gasteiger partial charge in [0.15, 0.2) is 17.2 Å². The molecule has 2 fully saturated rings. The van der Waals surface area contributed by atoms with Gasteiger partial charge in [-0.1, -0.05) is 5.92 Å². The minimum absolute atomic E-state index is 0.0116. The van der Waals surface area contributed by atoms with Crippen molar-refractivity contribution in [3.05, 3.63) is 42.2 Å². The number of aromatic nitrogens is 4. The molecule has 12 heteroatoms. The van der Waals surface area contributed by atoms with Gasteiger partial charge >= 0.3 is 6.09 Å². The normalized spacial score (nSPS) is 19.1. The number of hydrogen-bond donors (Lipinski definition) is 4. The van der Waals surface area contributed by atoms with E-state index in [1.807, 2.05) is 6.07 Å². The molecule has 2 saturated carbocycles. The fourth-order valence-corrected chi connectivity index (χ4v) is 4.60. The minimum Gasteiger partial charge on any atom is -0.465 e. The molecule has 0 unspecified atom stereocenters. The first-order valence-corrected chi connectivity index (χ1v) is 12.2. The molecular formula is C25H27FN8O3. The van der Waals surface area contributed by atoms with E-state index in [1.54, 1.807) is 0 Å². The number of hydrogen-bond acceptors (Lipinski definition) is 7. The standard InChI is InChI=1S/C25H27FN8O3/c1-2-11-33(25(36)37)17-7-5-16(6-8-17)30-22-12-20(29-15-3-4-15)23-28-14-21(34(23)32-22)24(35)31-19-9-10-27-13-18(19)26/h1,9-10,12-17,29H,3-8,11H2,(H,30,32)(H,36,37)(H,27,31,35). The molecule has 0 radical (unpaired) electrons. The van der Waals surface area contributed by atoms with Gasteiger partial charge in [-0.15, -0.1) is 11.5 Å². The van der Waals surface area contributed by atoms with Gasteiger partial charge < -0.3 is 21.1 Å². The van der Waals surface area contributed by atoms with Gasteiger partial charge in [0.25, 0.3) is 5.91 Å². The Hall–Kier alpha value is -4.40. The average molecular weight is 507 g/mol. The number of halogens is 1. The minimum atomic E-state index is -1.00. The average Bonchev–Trinajstić information content (AvgIpc) is 3.59. The van der Waals surface area contributed by atoms with Crippen LogP contribution in [0.15, 0.2) is 30.7 Å². The van der Waals surface area contributed by atoms with Crippen LogP contribution in [0.25, 0.3) is 5.65 Å². The van der Waals surface area contributed by atoms with Crippen LogP contribution in [0.2, 0.25) is 0 Å². The molecule has 0 saturated heterocycles. The van der Waals surface area contributed by atoms with Gasteiger partial charge in [0.1, 0.15) is 5.82 Å². The maximum absolute atomic E-state index is 14.0. The molecule has 192 valence electrons. The molecular weight excluding hydrogens is 479 g/mol. The highest BCUT2D eigenvalue weighted by atomic mass is 19.1. The Labute approximate surface area is 212 Å². The summed E-state index contributed by atoms with van der Waals surface area (Å²) in [5.74, 6) is 1.78. The predicted molar refractivity (Wildman–Crippen MR) is 135 cm³/mol. The summed E-state index contributed by atoms with van der Waals surface area (Å²) in [7, 11) is 0. The van der Waals surface area contributed by atoms with Crippen molar-refractivity contribution in [2.45, 2.75) is 56.7 Å². The van der Waals surface area contributed by atoms with Crippen LogP contribution in [-0.2, 0) is 0 Å². The molecule has 0 atom stereocenters. The largest absolute Gasteiger partial charge is 0.465 e. The monoisotopic (exact) mass is 506 g/mol. The topological polar surface area (TPSA) is 137 Å². The number of nitrogens with zero attached hydrogens (tertiary/aromatic N) is 5. The zero-order valence-electron chi connectivity index (χ0n) is 20.0. The fourth-order valence-electron chi connectivity index (χ4n) is 4.60. The number of nitrogens with one attached hydrogen (secondary N) is 3. The summed E-state index contributed by atoms with van der Waals surface area (Å²) in [6, 6.07) is 3.55. The van der Waals surface area contributed by atoms with Crippen molar-refractivity contribution < 1.29 is 19.1 Å². The van der Waals surface area contributed by atoms with Crippen LogP contribution in [0.5, 0.6) is 0 Å². The molecule has 2 aliphatic rings. The van der Waals surface area contributed by atoms with Gasteiger partial charge in [-0.3, -0.25) is 14.7 Å². The van der Waals surface area contributed by atoms with E-state index in [0.29, 0.717) is 30.3 Å². The molecule has 0 bridgehead atoms. The summed E-state index contributed by atoms with van der Waals surface area (Å²) in [5, 5.41) is 23.5. The second-order valence-corrected chi connectivity index (χ2v) is 9.31. The number of rotatable bonds is 8. The van der Waals surface area contributed by atoms with E-state index < -0.39 is 17.8 Å². The van der Waals surface area contributed by atoms with Gasteiger partial charge in [0.2, 0.25) is 0 Å². The van der Waals surface area contributed by atoms with Crippen LogP contribution >= 0.6 is 0 Å². The second-order valence-electron chi connectivity index (χ2n) is 9.31. The smallest absolute Gasteiger partial charge is 0.408 e. The third kappa shape index (κ3) is 5.40. The van der Waals surface area contributed by atoms with Gasteiger partial charge in [-0.05, 0) is 44.6 Å². The molecule has 3 heterocycles. The summed E-state index contributed by atoms with van der Waals surface area (Å²) in [5.41, 5.74) is 1.41. The highest BCUT2D eigenvalue weighted by molar-refractivity contribution is 6.03. The van der Waals surface area contributed by atoms with Gasteiger partial charge in [-0.25, -0.2) is 18.7 Å². The van der Waals surface area contributed by atoms with Gasteiger partial charge in [0, 0.05) is 30.4 Å². The van der Waals surface area contributed by atoms with Crippen molar-refractivity contribution in [3.63, 3.8) is 0 Å². The SMILES string of the molecule is C#CCN(C(=O)O)C1CCC(Nc2cc(NC3CC3)c3ncc(C(=O)Nc4ccncc4F)n3n2)CC1.